The first-order chi connectivity index (χ1) is 8.54. The van der Waals surface area contributed by atoms with Crippen LogP contribution in [-0.2, 0) is 6.54 Å². The minimum atomic E-state index is 0.446. The van der Waals surface area contributed by atoms with Gasteiger partial charge in [0.2, 0.25) is 0 Å². The quantitative estimate of drug-likeness (QED) is 0.807. The lowest BCUT2D eigenvalue weighted by molar-refractivity contribution is 0.564. The van der Waals surface area contributed by atoms with E-state index in [0.29, 0.717) is 12.0 Å². The first kappa shape index (κ1) is 14.9. The molecular formula is C14H26N4. The van der Waals surface area contributed by atoms with Crippen LogP contribution < -0.4 is 10.2 Å². The van der Waals surface area contributed by atoms with E-state index in [2.05, 4.69) is 54.8 Å². The number of aromatic nitrogens is 2. The van der Waals surface area contributed by atoms with Crippen LogP contribution in [0.2, 0.25) is 0 Å². The highest BCUT2D eigenvalue weighted by Gasteiger charge is 2.13. The zero-order valence-corrected chi connectivity index (χ0v) is 12.3. The Bertz CT molecular complexity index is 332. The maximum atomic E-state index is 4.53. The fraction of sp³-hybridized carbons (Fsp3) is 0.714. The van der Waals surface area contributed by atoms with E-state index in [1.54, 1.807) is 0 Å². The second-order valence-corrected chi connectivity index (χ2v) is 5.29. The first-order valence-electron chi connectivity index (χ1n) is 6.82. The van der Waals surface area contributed by atoms with E-state index in [9.17, 15) is 0 Å². The minimum Gasteiger partial charge on any atom is -0.353 e. The largest absolute Gasteiger partial charge is 0.353 e. The Morgan fingerprint density at radius 3 is 2.33 bits per heavy atom. The summed E-state index contributed by atoms with van der Waals surface area (Å²) in [5.41, 5.74) is 0.994. The van der Waals surface area contributed by atoms with Gasteiger partial charge in [0.15, 0.2) is 0 Å². The van der Waals surface area contributed by atoms with Crippen LogP contribution in [-0.4, -0.2) is 29.1 Å². The molecular weight excluding hydrogens is 224 g/mol. The molecule has 18 heavy (non-hydrogen) atoms. The highest BCUT2D eigenvalue weighted by Crippen LogP contribution is 2.14. The molecule has 4 heteroatoms. The summed E-state index contributed by atoms with van der Waals surface area (Å²) in [6.45, 7) is 13.7. The molecule has 1 aromatic rings. The molecule has 0 aromatic carbocycles. The molecule has 0 atom stereocenters. The van der Waals surface area contributed by atoms with Crippen LogP contribution in [0.3, 0.4) is 0 Å². The van der Waals surface area contributed by atoms with Gasteiger partial charge in [0.1, 0.15) is 5.82 Å². The zero-order valence-electron chi connectivity index (χ0n) is 12.3. The predicted octanol–water partition coefficient (Wildman–Crippen LogP) is 2.46. The van der Waals surface area contributed by atoms with Gasteiger partial charge in [-0.3, -0.25) is 4.98 Å². The molecule has 0 saturated heterocycles. The summed E-state index contributed by atoms with van der Waals surface area (Å²) in [4.78, 5) is 11.3. The van der Waals surface area contributed by atoms with Gasteiger partial charge < -0.3 is 10.2 Å². The van der Waals surface area contributed by atoms with Gasteiger partial charge in [-0.25, -0.2) is 4.98 Å². The zero-order chi connectivity index (χ0) is 13.5. The smallest absolute Gasteiger partial charge is 0.147 e. The van der Waals surface area contributed by atoms with Crippen LogP contribution in [0.5, 0.6) is 0 Å². The molecule has 102 valence electrons. The number of anilines is 1. The van der Waals surface area contributed by atoms with Crippen LogP contribution in [0.1, 0.15) is 40.3 Å². The SMILES string of the molecule is CCNCc1cnc(N(CC(C)C)C(C)C)cn1. The Balaban J connectivity index is 2.74. The molecule has 0 aliphatic rings. The van der Waals surface area contributed by atoms with Gasteiger partial charge in [-0.05, 0) is 26.3 Å². The van der Waals surface area contributed by atoms with Crippen molar-refractivity contribution in [1.82, 2.24) is 15.3 Å². The maximum Gasteiger partial charge on any atom is 0.147 e. The van der Waals surface area contributed by atoms with E-state index < -0.39 is 0 Å². The maximum absolute atomic E-state index is 4.53. The summed E-state index contributed by atoms with van der Waals surface area (Å²) in [7, 11) is 0. The van der Waals surface area contributed by atoms with E-state index in [-0.39, 0.29) is 0 Å². The van der Waals surface area contributed by atoms with Crippen molar-refractivity contribution < 1.29 is 0 Å². The van der Waals surface area contributed by atoms with E-state index in [1.165, 1.54) is 0 Å². The Morgan fingerprint density at radius 2 is 1.89 bits per heavy atom. The fourth-order valence-electron chi connectivity index (χ4n) is 1.80. The number of hydrogen-bond acceptors (Lipinski definition) is 4. The number of nitrogens with zero attached hydrogens (tertiary/aromatic N) is 3. The minimum absolute atomic E-state index is 0.446. The second-order valence-electron chi connectivity index (χ2n) is 5.29. The summed E-state index contributed by atoms with van der Waals surface area (Å²) in [6.07, 6.45) is 3.75. The van der Waals surface area contributed by atoms with Crippen LogP contribution in [0.15, 0.2) is 12.4 Å². The molecule has 0 fully saturated rings. The summed E-state index contributed by atoms with van der Waals surface area (Å²) >= 11 is 0. The number of nitrogens with one attached hydrogen (secondary N) is 1. The Labute approximate surface area is 111 Å². The standard InChI is InChI=1S/C14H26N4/c1-6-15-7-13-8-17-14(9-16-13)18(12(4)5)10-11(2)3/h8-9,11-12,15H,6-7,10H2,1-5H3. The van der Waals surface area contributed by atoms with Crippen LogP contribution in [0.25, 0.3) is 0 Å². The monoisotopic (exact) mass is 250 g/mol. The van der Waals surface area contributed by atoms with Crippen LogP contribution >= 0.6 is 0 Å². The van der Waals surface area contributed by atoms with Crippen LogP contribution in [0.4, 0.5) is 5.82 Å². The summed E-state index contributed by atoms with van der Waals surface area (Å²) < 4.78 is 0. The van der Waals surface area contributed by atoms with E-state index in [4.69, 9.17) is 0 Å². The van der Waals surface area contributed by atoms with Gasteiger partial charge in [0.25, 0.3) is 0 Å². The van der Waals surface area contributed by atoms with Gasteiger partial charge in [0, 0.05) is 19.1 Å². The molecule has 0 aliphatic heterocycles. The molecule has 0 amide bonds. The van der Waals surface area contributed by atoms with Gasteiger partial charge in [0.05, 0.1) is 18.1 Å². The van der Waals surface area contributed by atoms with E-state index in [0.717, 1.165) is 31.1 Å². The van der Waals surface area contributed by atoms with E-state index in [1.807, 2.05) is 12.4 Å². The average Bonchev–Trinajstić information content (AvgIpc) is 2.34. The number of hydrogen-bond donors (Lipinski definition) is 1. The van der Waals surface area contributed by atoms with Crippen molar-refractivity contribution in [3.05, 3.63) is 18.1 Å². The molecule has 4 nitrogen and oxygen atoms in total. The van der Waals surface area contributed by atoms with Crippen molar-refractivity contribution in [3.8, 4) is 0 Å². The van der Waals surface area contributed by atoms with Gasteiger partial charge >= 0.3 is 0 Å². The van der Waals surface area contributed by atoms with Gasteiger partial charge in [-0.1, -0.05) is 20.8 Å². The lowest BCUT2D eigenvalue weighted by Crippen LogP contribution is -2.35. The summed E-state index contributed by atoms with van der Waals surface area (Å²) in [5.74, 6) is 1.59. The molecule has 0 spiro atoms. The lowest BCUT2D eigenvalue weighted by atomic mass is 10.2. The highest BCUT2D eigenvalue weighted by atomic mass is 15.2. The molecule has 0 bridgehead atoms. The third-order valence-electron chi connectivity index (χ3n) is 2.73. The predicted molar refractivity (Wildman–Crippen MR) is 76.7 cm³/mol. The normalized spacial score (nSPS) is 11.3. The van der Waals surface area contributed by atoms with Gasteiger partial charge in [-0.15, -0.1) is 0 Å². The Kier molecular flexibility index (Phi) is 6.05. The molecule has 1 heterocycles. The molecule has 0 aliphatic carbocycles. The van der Waals surface area contributed by atoms with Crippen molar-refractivity contribution in [2.75, 3.05) is 18.0 Å². The van der Waals surface area contributed by atoms with Crippen molar-refractivity contribution >= 4 is 5.82 Å². The molecule has 1 rings (SSSR count). The second kappa shape index (κ2) is 7.31. The topological polar surface area (TPSA) is 41.1 Å². The molecule has 1 aromatic heterocycles. The van der Waals surface area contributed by atoms with Gasteiger partial charge in [-0.2, -0.15) is 0 Å². The van der Waals surface area contributed by atoms with Crippen molar-refractivity contribution in [1.29, 1.82) is 0 Å². The third kappa shape index (κ3) is 4.61. The number of rotatable bonds is 7. The molecule has 1 N–H and O–H groups in total. The van der Waals surface area contributed by atoms with Crippen LogP contribution in [0, 0.1) is 5.92 Å². The fourth-order valence-corrected chi connectivity index (χ4v) is 1.80. The first-order valence-corrected chi connectivity index (χ1v) is 6.82. The van der Waals surface area contributed by atoms with E-state index >= 15 is 0 Å². The third-order valence-corrected chi connectivity index (χ3v) is 2.73. The van der Waals surface area contributed by atoms with Crippen molar-refractivity contribution in [2.24, 2.45) is 5.92 Å². The highest BCUT2D eigenvalue weighted by molar-refractivity contribution is 5.36. The summed E-state index contributed by atoms with van der Waals surface area (Å²) in [6, 6.07) is 0.446. The lowest BCUT2D eigenvalue weighted by Gasteiger charge is -2.29. The Hall–Kier alpha value is -1.16. The van der Waals surface area contributed by atoms with Crippen molar-refractivity contribution in [3.63, 3.8) is 0 Å². The molecule has 0 radical (unpaired) electrons. The molecule has 0 unspecified atom stereocenters. The average molecular weight is 250 g/mol. The Morgan fingerprint density at radius 1 is 1.17 bits per heavy atom. The summed E-state index contributed by atoms with van der Waals surface area (Å²) in [5, 5.41) is 3.25. The molecule has 0 saturated carbocycles. The van der Waals surface area contributed by atoms with Crippen molar-refractivity contribution in [2.45, 2.75) is 47.2 Å².